The molecule has 22 heavy (non-hydrogen) atoms. The normalized spacial score (nSPS) is 12.3. The minimum atomic E-state index is -0.734. The second-order valence-corrected chi connectivity index (χ2v) is 6.49. The summed E-state index contributed by atoms with van der Waals surface area (Å²) in [5.41, 5.74) is 5.98. The second-order valence-electron chi connectivity index (χ2n) is 5.37. The summed E-state index contributed by atoms with van der Waals surface area (Å²) in [5, 5.41) is 3.14. The summed E-state index contributed by atoms with van der Waals surface area (Å²) in [6.07, 6.45) is 0.474. The van der Waals surface area contributed by atoms with E-state index >= 15 is 0 Å². The van der Waals surface area contributed by atoms with Gasteiger partial charge >= 0.3 is 12.0 Å². The summed E-state index contributed by atoms with van der Waals surface area (Å²) in [6, 6.07) is 6.26. The van der Waals surface area contributed by atoms with Gasteiger partial charge in [-0.1, -0.05) is 26.0 Å². The zero-order valence-corrected chi connectivity index (χ0v) is 13.4. The second kappa shape index (κ2) is 7.22. The number of carbonyl (C=O) groups excluding carboxylic acids is 2. The highest BCUT2D eigenvalue weighted by Gasteiger charge is 2.23. The molecule has 0 aliphatic heterocycles. The zero-order chi connectivity index (χ0) is 16.1. The molecule has 3 N–H and O–H groups in total. The third-order valence-electron chi connectivity index (χ3n) is 2.98. The number of hydrogen-bond donors (Lipinski definition) is 2. The van der Waals surface area contributed by atoms with Gasteiger partial charge in [0.05, 0.1) is 10.2 Å². The van der Waals surface area contributed by atoms with Gasteiger partial charge in [-0.05, 0) is 24.5 Å². The van der Waals surface area contributed by atoms with Gasteiger partial charge in [-0.25, -0.2) is 14.6 Å². The smallest absolute Gasteiger partial charge is 0.329 e. The van der Waals surface area contributed by atoms with Gasteiger partial charge in [-0.2, -0.15) is 0 Å². The van der Waals surface area contributed by atoms with Crippen LogP contribution >= 0.6 is 11.3 Å². The molecule has 1 aromatic heterocycles. The van der Waals surface area contributed by atoms with Crippen molar-refractivity contribution in [3.8, 4) is 0 Å². The average molecular weight is 321 g/mol. The molecule has 0 unspecified atom stereocenters. The van der Waals surface area contributed by atoms with E-state index in [9.17, 15) is 9.59 Å². The molecule has 0 bridgehead atoms. The molecule has 0 spiro atoms. The number of nitrogens with zero attached hydrogens (tertiary/aromatic N) is 1. The van der Waals surface area contributed by atoms with Crippen LogP contribution in [0.25, 0.3) is 10.2 Å². The summed E-state index contributed by atoms with van der Waals surface area (Å²) in [5.74, 6) is -0.265. The third kappa shape index (κ3) is 4.42. The number of amides is 2. The Morgan fingerprint density at radius 2 is 2.09 bits per heavy atom. The van der Waals surface area contributed by atoms with Crippen LogP contribution in [0.2, 0.25) is 0 Å². The fraction of sp³-hybridized carbons (Fsp3) is 0.400. The topological polar surface area (TPSA) is 94.3 Å². The molecule has 0 aliphatic rings. The van der Waals surface area contributed by atoms with Crippen LogP contribution in [0.1, 0.15) is 25.3 Å². The molecule has 1 atom stereocenters. The molecule has 118 valence electrons. The Kier molecular flexibility index (Phi) is 5.32. The average Bonchev–Trinajstić information content (AvgIpc) is 2.85. The summed E-state index contributed by atoms with van der Waals surface area (Å²) >= 11 is 1.48. The Morgan fingerprint density at radius 3 is 2.73 bits per heavy atom. The number of hydrogen-bond acceptors (Lipinski definition) is 5. The Labute approximate surface area is 132 Å². The first kappa shape index (κ1) is 16.2. The van der Waals surface area contributed by atoms with Gasteiger partial charge in [-0.15, -0.1) is 11.3 Å². The minimum Gasteiger partial charge on any atom is -0.457 e. The molecule has 0 fully saturated rings. The molecule has 1 heterocycles. The molecule has 1 aromatic carbocycles. The summed E-state index contributed by atoms with van der Waals surface area (Å²) < 4.78 is 6.30. The monoisotopic (exact) mass is 321 g/mol. The highest BCUT2D eigenvalue weighted by molar-refractivity contribution is 7.18. The van der Waals surface area contributed by atoms with E-state index in [1.807, 2.05) is 38.1 Å². The first-order valence-electron chi connectivity index (χ1n) is 7.02. The Hall–Kier alpha value is -2.15. The number of fused-ring (bicyclic) bond motifs is 1. The van der Waals surface area contributed by atoms with Crippen molar-refractivity contribution in [2.24, 2.45) is 11.7 Å². The standard InChI is InChI=1S/C15H19N3O3S/c1-9(2)7-11(18-15(16)20)14(19)21-8-13-17-10-5-3-4-6-12(10)22-13/h3-6,9,11H,7-8H2,1-2H3,(H3,16,18,20)/t11-/m0/s1. The van der Waals surface area contributed by atoms with Crippen molar-refractivity contribution in [2.75, 3.05) is 0 Å². The summed E-state index contributed by atoms with van der Waals surface area (Å²) in [4.78, 5) is 27.5. The number of carbonyl (C=O) groups is 2. The van der Waals surface area contributed by atoms with Crippen LogP contribution in [0.15, 0.2) is 24.3 Å². The van der Waals surface area contributed by atoms with Crippen LogP contribution in [0.3, 0.4) is 0 Å². The van der Waals surface area contributed by atoms with Crippen LogP contribution in [0.5, 0.6) is 0 Å². The fourth-order valence-corrected chi connectivity index (χ4v) is 2.95. The van der Waals surface area contributed by atoms with Crippen LogP contribution in [0.4, 0.5) is 4.79 Å². The fourth-order valence-electron chi connectivity index (χ4n) is 2.07. The van der Waals surface area contributed by atoms with Crippen molar-refractivity contribution >= 4 is 33.6 Å². The molecule has 2 aromatic rings. The number of ether oxygens (including phenoxy) is 1. The molecule has 6 nitrogen and oxygen atoms in total. The lowest BCUT2D eigenvalue weighted by Gasteiger charge is -2.17. The predicted molar refractivity (Wildman–Crippen MR) is 85.4 cm³/mol. The maximum atomic E-state index is 12.1. The predicted octanol–water partition coefficient (Wildman–Crippen LogP) is 2.42. The number of urea groups is 1. The Bertz CT molecular complexity index is 636. The van der Waals surface area contributed by atoms with E-state index in [0.717, 1.165) is 15.2 Å². The number of aromatic nitrogens is 1. The van der Waals surface area contributed by atoms with E-state index in [1.54, 1.807) is 0 Å². The van der Waals surface area contributed by atoms with Crippen LogP contribution in [-0.2, 0) is 16.1 Å². The minimum absolute atomic E-state index is 0.0905. The van der Waals surface area contributed by atoms with Crippen molar-refractivity contribution in [1.29, 1.82) is 0 Å². The van der Waals surface area contributed by atoms with Gasteiger partial charge in [0.15, 0.2) is 0 Å². The molecule has 2 rings (SSSR count). The van der Waals surface area contributed by atoms with Crippen molar-refractivity contribution in [2.45, 2.75) is 32.9 Å². The Balaban J connectivity index is 1.98. The number of benzene rings is 1. The van der Waals surface area contributed by atoms with E-state index < -0.39 is 18.0 Å². The lowest BCUT2D eigenvalue weighted by Crippen LogP contribution is -2.45. The van der Waals surface area contributed by atoms with E-state index in [1.165, 1.54) is 11.3 Å². The van der Waals surface area contributed by atoms with Gasteiger partial charge in [0.2, 0.25) is 0 Å². The maximum absolute atomic E-state index is 12.1. The number of primary amides is 1. The molecular formula is C15H19N3O3S. The number of thiazole rings is 1. The number of nitrogens with one attached hydrogen (secondary N) is 1. The van der Waals surface area contributed by atoms with Gasteiger partial charge in [0.25, 0.3) is 0 Å². The largest absolute Gasteiger partial charge is 0.457 e. The van der Waals surface area contributed by atoms with E-state index in [4.69, 9.17) is 10.5 Å². The molecule has 0 radical (unpaired) electrons. The molecule has 0 saturated carbocycles. The summed E-state index contributed by atoms with van der Waals surface area (Å²) in [6.45, 7) is 4.00. The van der Waals surface area contributed by atoms with Crippen molar-refractivity contribution in [3.05, 3.63) is 29.3 Å². The van der Waals surface area contributed by atoms with Crippen LogP contribution in [0, 0.1) is 5.92 Å². The molecule has 7 heteroatoms. The van der Waals surface area contributed by atoms with Gasteiger partial charge in [0.1, 0.15) is 17.7 Å². The van der Waals surface area contributed by atoms with Crippen LogP contribution < -0.4 is 11.1 Å². The van der Waals surface area contributed by atoms with E-state index in [0.29, 0.717) is 6.42 Å². The molecule has 2 amide bonds. The van der Waals surface area contributed by atoms with Crippen molar-refractivity contribution in [3.63, 3.8) is 0 Å². The van der Waals surface area contributed by atoms with Crippen molar-refractivity contribution < 1.29 is 14.3 Å². The highest BCUT2D eigenvalue weighted by atomic mass is 32.1. The van der Waals surface area contributed by atoms with Crippen molar-refractivity contribution in [1.82, 2.24) is 10.3 Å². The first-order valence-corrected chi connectivity index (χ1v) is 7.84. The molecule has 0 saturated heterocycles. The summed E-state index contributed by atoms with van der Waals surface area (Å²) in [7, 11) is 0. The number of rotatable bonds is 6. The number of para-hydroxylation sites is 1. The zero-order valence-electron chi connectivity index (χ0n) is 12.5. The first-order chi connectivity index (χ1) is 10.5. The maximum Gasteiger partial charge on any atom is 0.329 e. The SMILES string of the molecule is CC(C)C[C@H](NC(N)=O)C(=O)OCc1nc2ccccc2s1. The lowest BCUT2D eigenvalue weighted by atomic mass is 10.0. The third-order valence-corrected chi connectivity index (χ3v) is 3.99. The highest BCUT2D eigenvalue weighted by Crippen LogP contribution is 2.22. The number of esters is 1. The van der Waals surface area contributed by atoms with Gasteiger partial charge in [0, 0.05) is 0 Å². The van der Waals surface area contributed by atoms with Gasteiger partial charge in [-0.3, -0.25) is 0 Å². The number of nitrogens with two attached hydrogens (primary N) is 1. The lowest BCUT2D eigenvalue weighted by molar-refractivity contribution is -0.147. The quantitative estimate of drug-likeness (QED) is 0.799. The van der Waals surface area contributed by atoms with E-state index in [-0.39, 0.29) is 12.5 Å². The van der Waals surface area contributed by atoms with Gasteiger partial charge < -0.3 is 15.8 Å². The van der Waals surface area contributed by atoms with E-state index in [2.05, 4.69) is 10.3 Å². The van der Waals surface area contributed by atoms with Crippen LogP contribution in [-0.4, -0.2) is 23.0 Å². The Morgan fingerprint density at radius 1 is 1.36 bits per heavy atom. The molecule has 0 aliphatic carbocycles. The molecular weight excluding hydrogens is 302 g/mol.